The minimum atomic E-state index is -1.19. The minimum Gasteiger partial charge on any atom is -0.870 e. The first-order valence-electron chi connectivity index (χ1n) is 33.5. The number of amides is 6. The average Bonchev–Trinajstić information content (AvgIpc) is 1.65. The first kappa shape index (κ1) is 91.7. The summed E-state index contributed by atoms with van der Waals surface area (Å²) in [4.78, 5) is 131. The molecule has 2 aromatic carbocycles. The van der Waals surface area contributed by atoms with Crippen LogP contribution in [0.2, 0.25) is 0 Å². The quantitative estimate of drug-likeness (QED) is 0.00896. The van der Waals surface area contributed by atoms with Crippen molar-refractivity contribution in [3.05, 3.63) is 154 Å². The van der Waals surface area contributed by atoms with Crippen LogP contribution in [0.5, 0.6) is 23.0 Å². The summed E-state index contributed by atoms with van der Waals surface area (Å²) in [5.74, 6) is -2.88. The molecule has 0 fully saturated rings. The number of aromatic carboxylic acids is 1. The standard InChI is InChI=1S/C37H48N8O8.C36H46N8O8.CH4.Li.2H2O/c1-42(2)12-9-11-39-35(48)30-17-25(22-45(30)5)41-36(49)29-14-23(20-43(29)3)15-31(46)28-16-24(21-44(28)4)40-34(47)10-8-13-53-33-19-27(38)26(37(50)52-7)18-32(33)51-6;1-41(2)11-8-10-38-34(47)29-16-24(21-44(29)5)40-35(48)28-13-22(19-42(28)3)14-30(45)27-15-23(20-43(27)4)39-33(46)9-7-12-52-32-18-26(37)25(36(49)50)17-31(32)51-6;;;;/h14,16-22H,8-13,15,38H2,1-7H3,(H,39,48)(H,40,47)(H,41,49);13,15-21H,7-12,14,37H2,1-6H3,(H,38,47)(H,39,46)(H,40,48)(H,49,50);1H4;;2*1H2/q;;;+1;;/p-1. The van der Waals surface area contributed by atoms with Gasteiger partial charge >= 0.3 is 30.8 Å². The number of anilines is 6. The number of nitrogen functional groups attached to an aromatic ring is 2. The van der Waals surface area contributed by atoms with Crippen LogP contribution < -0.4 is 81.2 Å². The fraction of sp³-hybridized carbons (Fsp3) is 0.378. The van der Waals surface area contributed by atoms with E-state index in [1.165, 1.54) is 45.6 Å². The van der Waals surface area contributed by atoms with Crippen LogP contribution in [0.1, 0.15) is 141 Å². The van der Waals surface area contributed by atoms with Gasteiger partial charge in [0, 0.05) is 143 Å². The van der Waals surface area contributed by atoms with Gasteiger partial charge in [0.25, 0.3) is 23.6 Å². The fourth-order valence-corrected chi connectivity index (χ4v) is 11.2. The summed E-state index contributed by atoms with van der Waals surface area (Å²) in [7, 11) is 22.3. The second-order valence-electron chi connectivity index (χ2n) is 25.5. The number of nitrogens with one attached hydrogen (secondary N) is 6. The Morgan fingerprint density at radius 3 is 1.13 bits per heavy atom. The molecule has 0 radical (unpaired) electrons. The molecule has 14 N–H and O–H groups in total. The summed E-state index contributed by atoms with van der Waals surface area (Å²) in [6, 6.07) is 15.3. The molecule has 6 aromatic heterocycles. The number of esters is 1. The van der Waals surface area contributed by atoms with Crippen molar-refractivity contribution in [1.82, 2.24) is 47.8 Å². The molecule has 0 aliphatic carbocycles. The molecule has 6 amide bonds. The number of methoxy groups -OCH3 is 3. The predicted octanol–water partition coefficient (Wildman–Crippen LogP) is 3.02. The summed E-state index contributed by atoms with van der Waals surface area (Å²) < 4.78 is 36.5. The number of carbonyl (C=O) groups is 10. The maximum absolute atomic E-state index is 13.3. The summed E-state index contributed by atoms with van der Waals surface area (Å²) in [5.41, 5.74) is 17.4. The first-order chi connectivity index (χ1) is 49.9. The summed E-state index contributed by atoms with van der Waals surface area (Å²) in [6.45, 7) is 3.11. The van der Waals surface area contributed by atoms with Crippen LogP contribution >= 0.6 is 0 Å². The zero-order valence-corrected chi connectivity index (χ0v) is 63.4. The maximum Gasteiger partial charge on any atom is 1.00 e. The van der Waals surface area contributed by atoms with Gasteiger partial charge in [-0.1, -0.05) is 7.43 Å². The number of Topliss-reactive ketones (excluding diaryl/α,β-unsaturated/α-hetero) is 2. The second kappa shape index (κ2) is 42.7. The van der Waals surface area contributed by atoms with Gasteiger partial charge in [0.1, 0.15) is 22.8 Å². The number of hydrogen-bond acceptors (Lipinski definition) is 20. The van der Waals surface area contributed by atoms with E-state index in [0.29, 0.717) is 105 Å². The molecule has 0 bridgehead atoms. The number of hydrogen-bond donors (Lipinski definition) is 9. The Labute approximate surface area is 644 Å². The van der Waals surface area contributed by atoms with E-state index in [1.807, 2.05) is 38.0 Å². The van der Waals surface area contributed by atoms with Gasteiger partial charge in [-0.25, -0.2) is 9.59 Å². The normalized spacial score (nSPS) is 10.6. The molecular formula is C74H101LiN16O18. The van der Waals surface area contributed by atoms with Crippen molar-refractivity contribution in [1.29, 1.82) is 0 Å². The number of nitrogens with two attached hydrogens (primary N) is 2. The summed E-state index contributed by atoms with van der Waals surface area (Å²) in [6.07, 6.45) is 12.7. The van der Waals surface area contributed by atoms with Gasteiger partial charge in [-0.2, -0.15) is 0 Å². The van der Waals surface area contributed by atoms with Crippen molar-refractivity contribution in [2.75, 3.05) is 122 Å². The number of ether oxygens (including phenoxy) is 5. The first-order valence-corrected chi connectivity index (χ1v) is 33.5. The van der Waals surface area contributed by atoms with E-state index in [4.69, 9.17) is 35.2 Å². The van der Waals surface area contributed by atoms with E-state index < -0.39 is 17.8 Å². The Morgan fingerprint density at radius 2 is 0.771 bits per heavy atom. The molecule has 586 valence electrons. The van der Waals surface area contributed by atoms with Crippen LogP contribution in [0.25, 0.3) is 0 Å². The van der Waals surface area contributed by atoms with Crippen LogP contribution in [-0.2, 0) is 69.5 Å². The molecule has 0 saturated carbocycles. The van der Waals surface area contributed by atoms with Crippen LogP contribution in [0.4, 0.5) is 34.1 Å². The van der Waals surface area contributed by atoms with Crippen molar-refractivity contribution in [3.63, 3.8) is 0 Å². The van der Waals surface area contributed by atoms with Crippen LogP contribution in [0, 0.1) is 0 Å². The molecule has 0 aliphatic heterocycles. The smallest absolute Gasteiger partial charge is 0.870 e. The molecule has 0 atom stereocenters. The number of carboxylic acids is 1. The van der Waals surface area contributed by atoms with E-state index in [1.54, 1.807) is 143 Å². The second-order valence-corrected chi connectivity index (χ2v) is 25.5. The van der Waals surface area contributed by atoms with E-state index in [9.17, 15) is 53.1 Å². The Bertz CT molecular complexity index is 4500. The van der Waals surface area contributed by atoms with Gasteiger partial charge in [-0.15, -0.1) is 0 Å². The van der Waals surface area contributed by atoms with Crippen molar-refractivity contribution in [2.24, 2.45) is 42.3 Å². The molecule has 109 heavy (non-hydrogen) atoms. The fourth-order valence-electron chi connectivity index (χ4n) is 11.2. The summed E-state index contributed by atoms with van der Waals surface area (Å²) in [5, 5.41) is 26.3. The number of ketones is 2. The number of aryl methyl sites for hydroxylation is 6. The molecule has 34 nitrogen and oxygen atoms in total. The third kappa shape index (κ3) is 25.9. The maximum atomic E-state index is 13.3. The molecule has 0 saturated heterocycles. The molecule has 6 heterocycles. The van der Waals surface area contributed by atoms with E-state index >= 15 is 0 Å². The van der Waals surface area contributed by atoms with Crippen molar-refractivity contribution >= 4 is 93.1 Å². The molecular weight excluding hydrogens is 1410 g/mol. The Hall–Kier alpha value is -11.5. The van der Waals surface area contributed by atoms with Crippen molar-refractivity contribution < 1.29 is 107 Å². The van der Waals surface area contributed by atoms with Gasteiger partial charge in [0.2, 0.25) is 11.8 Å². The van der Waals surface area contributed by atoms with E-state index in [2.05, 4.69) is 31.9 Å². The number of nitrogens with zero attached hydrogens (tertiary/aromatic N) is 8. The van der Waals surface area contributed by atoms with Crippen LogP contribution in [-0.4, -0.2) is 201 Å². The van der Waals surface area contributed by atoms with Crippen molar-refractivity contribution in [3.8, 4) is 23.0 Å². The summed E-state index contributed by atoms with van der Waals surface area (Å²) >= 11 is 0. The molecule has 35 heteroatoms. The number of carboxylic acid groups (broad SMARTS) is 1. The number of carbonyl (C=O) groups excluding carboxylic acids is 9. The molecule has 8 aromatic rings. The Morgan fingerprint density at radius 1 is 0.440 bits per heavy atom. The Kier molecular flexibility index (Phi) is 35.9. The number of benzene rings is 2. The largest absolute Gasteiger partial charge is 1.00 e. The van der Waals surface area contributed by atoms with Crippen LogP contribution in [0.3, 0.4) is 0 Å². The third-order valence-electron chi connectivity index (χ3n) is 16.5. The Balaban J connectivity index is 0.000000545. The molecule has 0 unspecified atom stereocenters. The molecule has 8 rings (SSSR count). The minimum absolute atomic E-state index is 0. The molecule has 0 aliphatic rings. The third-order valence-corrected chi connectivity index (χ3v) is 16.5. The van der Waals surface area contributed by atoms with Crippen LogP contribution in [0.15, 0.2) is 97.8 Å². The van der Waals surface area contributed by atoms with Gasteiger partial charge < -0.3 is 120 Å². The zero-order chi connectivity index (χ0) is 76.9. The average molecular weight is 1510 g/mol. The monoisotopic (exact) mass is 1510 g/mol. The topological polar surface area (TPSA) is 459 Å². The van der Waals surface area contributed by atoms with Gasteiger partial charge in [-0.3, -0.25) is 38.4 Å². The van der Waals surface area contributed by atoms with E-state index in [-0.39, 0.29) is 151 Å². The number of aromatic nitrogens is 6. The van der Waals surface area contributed by atoms with E-state index in [0.717, 1.165) is 25.9 Å². The number of rotatable bonds is 36. The van der Waals surface area contributed by atoms with Gasteiger partial charge in [-0.05, 0) is 114 Å². The zero-order valence-electron chi connectivity index (χ0n) is 63.4. The molecule has 0 spiro atoms. The SMILES string of the molecule is C.COC(=O)c1cc(OC)c(OCCCC(=O)Nc2cc(C(=O)Cc3cc(C(=O)Nc4cc(C(=O)NCCCN(C)C)n(C)c4)n(C)c3)n(C)c2)cc1N.COc1cc(C(=O)O)c(N)cc1OCCCC(=O)Nc1cc(C(=O)Cc2cc(C(=O)Nc3cc(C(=O)NCCCN(C)C)n(C)c3)n(C)c2)n(C)c1.O.[Li+].[OH-]. The van der Waals surface area contributed by atoms with Gasteiger partial charge in [0.15, 0.2) is 34.6 Å². The van der Waals surface area contributed by atoms with Crippen molar-refractivity contribution in [2.45, 2.75) is 58.8 Å². The van der Waals surface area contributed by atoms with Gasteiger partial charge in [0.05, 0.1) is 91.2 Å². The predicted molar refractivity (Wildman–Crippen MR) is 408 cm³/mol.